The average Bonchev–Trinajstić information content (AvgIpc) is 2.38. The van der Waals surface area contributed by atoms with Crippen LogP contribution in [0.15, 0.2) is 30.9 Å². The Balaban J connectivity index is 2.49. The summed E-state index contributed by atoms with van der Waals surface area (Å²) in [6.07, 6.45) is 4.10. The van der Waals surface area contributed by atoms with Crippen LogP contribution in [0.2, 0.25) is 0 Å². The molecule has 0 spiro atoms. The van der Waals surface area contributed by atoms with Gasteiger partial charge in [-0.1, -0.05) is 12.1 Å². The summed E-state index contributed by atoms with van der Waals surface area (Å²) in [5.41, 5.74) is 1.15. The molecule has 1 aromatic carbocycles. The number of unbranched alkanes of at least 4 members (excludes halogenated alkanes) is 1. The minimum atomic E-state index is 0.810. The van der Waals surface area contributed by atoms with Gasteiger partial charge in [-0.05, 0) is 25.5 Å². The van der Waals surface area contributed by atoms with Crippen molar-refractivity contribution in [2.45, 2.75) is 19.4 Å². The van der Waals surface area contributed by atoms with Gasteiger partial charge in [-0.15, -0.1) is 6.58 Å². The highest BCUT2D eigenvalue weighted by atomic mass is 16.5. The van der Waals surface area contributed by atoms with Gasteiger partial charge in [-0.2, -0.15) is 0 Å². The second-order valence-electron chi connectivity index (χ2n) is 3.79. The van der Waals surface area contributed by atoms with Gasteiger partial charge >= 0.3 is 0 Å². The van der Waals surface area contributed by atoms with E-state index in [1.807, 2.05) is 24.3 Å². The normalized spacial score (nSPS) is 10.0. The van der Waals surface area contributed by atoms with E-state index in [1.165, 1.54) is 0 Å². The first-order valence-electron chi connectivity index (χ1n) is 5.84. The van der Waals surface area contributed by atoms with Gasteiger partial charge < -0.3 is 14.8 Å². The summed E-state index contributed by atoms with van der Waals surface area (Å²) >= 11 is 0. The number of methoxy groups -OCH3 is 2. The molecule has 0 fully saturated rings. The molecule has 1 N–H and O–H groups in total. The zero-order valence-electron chi connectivity index (χ0n) is 10.7. The Bertz CT molecular complexity index is 350. The highest BCUT2D eigenvalue weighted by Gasteiger charge is 2.04. The maximum atomic E-state index is 5.33. The first-order valence-corrected chi connectivity index (χ1v) is 5.84. The monoisotopic (exact) mass is 235 g/mol. The molecule has 1 aromatic rings. The third-order valence-electron chi connectivity index (χ3n) is 2.57. The standard InChI is InChI=1S/C14H21NO2/c1-4-5-6-9-15-11-12-7-8-13(16-2)10-14(12)17-3/h4,7-8,10,15H,1,5-6,9,11H2,2-3H3. The minimum Gasteiger partial charge on any atom is -0.497 e. The lowest BCUT2D eigenvalue weighted by molar-refractivity contribution is 0.390. The van der Waals surface area contributed by atoms with Gasteiger partial charge in [-0.25, -0.2) is 0 Å². The van der Waals surface area contributed by atoms with Crippen LogP contribution in [0.5, 0.6) is 11.5 Å². The third kappa shape index (κ3) is 4.49. The molecule has 1 rings (SSSR count). The largest absolute Gasteiger partial charge is 0.497 e. The predicted molar refractivity (Wildman–Crippen MR) is 70.7 cm³/mol. The van der Waals surface area contributed by atoms with E-state index in [4.69, 9.17) is 9.47 Å². The SMILES string of the molecule is C=CCCCNCc1ccc(OC)cc1OC. The smallest absolute Gasteiger partial charge is 0.127 e. The van der Waals surface area contributed by atoms with E-state index in [0.29, 0.717) is 0 Å². The van der Waals surface area contributed by atoms with Crippen molar-refractivity contribution in [2.75, 3.05) is 20.8 Å². The van der Waals surface area contributed by atoms with E-state index in [9.17, 15) is 0 Å². The molecule has 3 nitrogen and oxygen atoms in total. The molecule has 17 heavy (non-hydrogen) atoms. The zero-order valence-corrected chi connectivity index (χ0v) is 10.7. The van der Waals surface area contributed by atoms with Gasteiger partial charge in [0.15, 0.2) is 0 Å². The Morgan fingerprint density at radius 3 is 2.76 bits per heavy atom. The molecule has 0 bridgehead atoms. The van der Waals surface area contributed by atoms with Crippen molar-refractivity contribution in [3.8, 4) is 11.5 Å². The molecular formula is C14H21NO2. The summed E-state index contributed by atoms with van der Waals surface area (Å²) in [7, 11) is 3.33. The number of ether oxygens (including phenoxy) is 2. The summed E-state index contributed by atoms with van der Waals surface area (Å²) < 4.78 is 10.5. The van der Waals surface area contributed by atoms with Crippen LogP contribution in [0.1, 0.15) is 18.4 Å². The topological polar surface area (TPSA) is 30.5 Å². The van der Waals surface area contributed by atoms with E-state index in [-0.39, 0.29) is 0 Å². The Kier molecular flexibility index (Phi) is 6.18. The Morgan fingerprint density at radius 1 is 1.29 bits per heavy atom. The number of allylic oxidation sites excluding steroid dienone is 1. The van der Waals surface area contributed by atoms with Crippen molar-refractivity contribution in [2.24, 2.45) is 0 Å². The van der Waals surface area contributed by atoms with Crippen LogP contribution in [0.4, 0.5) is 0 Å². The molecule has 0 amide bonds. The maximum Gasteiger partial charge on any atom is 0.127 e. The molecule has 3 heteroatoms. The second-order valence-corrected chi connectivity index (χ2v) is 3.79. The van der Waals surface area contributed by atoms with Gasteiger partial charge in [0.25, 0.3) is 0 Å². The van der Waals surface area contributed by atoms with E-state index in [2.05, 4.69) is 11.9 Å². The fourth-order valence-electron chi connectivity index (χ4n) is 1.59. The van der Waals surface area contributed by atoms with Crippen LogP contribution >= 0.6 is 0 Å². The molecule has 0 atom stereocenters. The lowest BCUT2D eigenvalue weighted by Gasteiger charge is -2.11. The molecule has 0 saturated heterocycles. The van der Waals surface area contributed by atoms with Crippen LogP contribution in [-0.2, 0) is 6.54 Å². The maximum absolute atomic E-state index is 5.33. The molecule has 0 aliphatic rings. The molecule has 0 saturated carbocycles. The Hall–Kier alpha value is -1.48. The highest BCUT2D eigenvalue weighted by molar-refractivity contribution is 5.40. The molecule has 0 aliphatic heterocycles. The Labute approximate surface area is 103 Å². The van der Waals surface area contributed by atoms with Crippen LogP contribution in [0.25, 0.3) is 0 Å². The molecule has 0 unspecified atom stereocenters. The third-order valence-corrected chi connectivity index (χ3v) is 2.57. The molecule has 94 valence electrons. The highest BCUT2D eigenvalue weighted by Crippen LogP contribution is 2.24. The van der Waals surface area contributed by atoms with E-state index < -0.39 is 0 Å². The van der Waals surface area contributed by atoms with Gasteiger partial charge in [0.1, 0.15) is 11.5 Å². The van der Waals surface area contributed by atoms with Crippen molar-refractivity contribution < 1.29 is 9.47 Å². The van der Waals surface area contributed by atoms with Crippen LogP contribution in [-0.4, -0.2) is 20.8 Å². The predicted octanol–water partition coefficient (Wildman–Crippen LogP) is 2.76. The van der Waals surface area contributed by atoms with E-state index in [0.717, 1.165) is 43.0 Å². The second kappa shape index (κ2) is 7.74. The number of benzene rings is 1. The van der Waals surface area contributed by atoms with Crippen molar-refractivity contribution in [1.82, 2.24) is 5.32 Å². The van der Waals surface area contributed by atoms with Crippen LogP contribution in [0.3, 0.4) is 0 Å². The lowest BCUT2D eigenvalue weighted by atomic mass is 10.2. The number of nitrogens with one attached hydrogen (secondary N) is 1. The Morgan fingerprint density at radius 2 is 2.12 bits per heavy atom. The first-order chi connectivity index (χ1) is 8.31. The van der Waals surface area contributed by atoms with Crippen molar-refractivity contribution >= 4 is 0 Å². The van der Waals surface area contributed by atoms with Gasteiger partial charge in [0.05, 0.1) is 14.2 Å². The summed E-state index contributed by atoms with van der Waals surface area (Å²) in [6.45, 7) is 5.50. The lowest BCUT2D eigenvalue weighted by Crippen LogP contribution is -2.15. The number of hydrogen-bond donors (Lipinski definition) is 1. The van der Waals surface area contributed by atoms with Gasteiger partial charge in [-0.3, -0.25) is 0 Å². The summed E-state index contributed by atoms with van der Waals surface area (Å²) in [5, 5.41) is 3.38. The first kappa shape index (κ1) is 13.6. The van der Waals surface area contributed by atoms with Gasteiger partial charge in [0.2, 0.25) is 0 Å². The number of hydrogen-bond acceptors (Lipinski definition) is 3. The number of rotatable bonds is 8. The van der Waals surface area contributed by atoms with Gasteiger partial charge in [0, 0.05) is 18.2 Å². The van der Waals surface area contributed by atoms with Crippen molar-refractivity contribution in [3.05, 3.63) is 36.4 Å². The molecule has 0 aliphatic carbocycles. The van der Waals surface area contributed by atoms with Crippen molar-refractivity contribution in [1.29, 1.82) is 0 Å². The van der Waals surface area contributed by atoms with Crippen LogP contribution in [0, 0.1) is 0 Å². The molecule has 0 aromatic heterocycles. The fourth-order valence-corrected chi connectivity index (χ4v) is 1.59. The van der Waals surface area contributed by atoms with Crippen molar-refractivity contribution in [3.63, 3.8) is 0 Å². The van der Waals surface area contributed by atoms with E-state index >= 15 is 0 Å². The molecule has 0 heterocycles. The summed E-state index contributed by atoms with van der Waals surface area (Å²) in [6, 6.07) is 5.88. The summed E-state index contributed by atoms with van der Waals surface area (Å²) in [4.78, 5) is 0. The molecular weight excluding hydrogens is 214 g/mol. The zero-order chi connectivity index (χ0) is 12.5. The summed E-state index contributed by atoms with van der Waals surface area (Å²) in [5.74, 6) is 1.68. The molecule has 0 radical (unpaired) electrons. The fraction of sp³-hybridized carbons (Fsp3) is 0.429. The van der Waals surface area contributed by atoms with E-state index in [1.54, 1.807) is 14.2 Å². The minimum absolute atomic E-state index is 0.810. The van der Waals surface area contributed by atoms with Crippen LogP contribution < -0.4 is 14.8 Å². The quantitative estimate of drug-likeness (QED) is 0.555. The average molecular weight is 235 g/mol.